The summed E-state index contributed by atoms with van der Waals surface area (Å²) in [4.78, 5) is 37.1. The summed E-state index contributed by atoms with van der Waals surface area (Å²) in [5.74, 6) is -0.0568. The van der Waals surface area contributed by atoms with Crippen molar-refractivity contribution in [2.45, 2.75) is 6.92 Å². The fourth-order valence-electron chi connectivity index (χ4n) is 2.22. The van der Waals surface area contributed by atoms with Crippen LogP contribution in [0.2, 0.25) is 0 Å². The quantitative estimate of drug-likeness (QED) is 0.465. The van der Waals surface area contributed by atoms with Crippen LogP contribution < -0.4 is 9.47 Å². The second kappa shape index (κ2) is 9.98. The Balaban J connectivity index is 2.19. The van der Waals surface area contributed by atoms with Crippen molar-refractivity contribution < 1.29 is 33.3 Å². The van der Waals surface area contributed by atoms with Gasteiger partial charge in [0.15, 0.2) is 18.1 Å². The average Bonchev–Trinajstić information content (AvgIpc) is 2.92. The highest BCUT2D eigenvalue weighted by molar-refractivity contribution is 8.18. The number of imide groups is 1. The highest BCUT2D eigenvalue weighted by atomic mass is 32.2. The molecule has 1 fully saturated rings. The van der Waals surface area contributed by atoms with E-state index in [-0.39, 0.29) is 30.9 Å². The van der Waals surface area contributed by atoms with Crippen LogP contribution >= 0.6 is 11.8 Å². The lowest BCUT2D eigenvalue weighted by Crippen LogP contribution is -2.31. The van der Waals surface area contributed by atoms with Crippen molar-refractivity contribution in [2.24, 2.45) is 0 Å². The third kappa shape index (κ3) is 5.48. The molecule has 0 unspecified atom stereocenters. The van der Waals surface area contributed by atoms with Crippen LogP contribution in [0, 0.1) is 0 Å². The molecule has 0 saturated carbocycles. The minimum absolute atomic E-state index is 0.211. The highest BCUT2D eigenvalue weighted by Crippen LogP contribution is 2.34. The molecule has 1 aliphatic heterocycles. The van der Waals surface area contributed by atoms with E-state index in [0.29, 0.717) is 28.6 Å². The van der Waals surface area contributed by atoms with Gasteiger partial charge in [0, 0.05) is 7.11 Å². The lowest BCUT2D eigenvalue weighted by atomic mass is 10.2. The normalized spacial score (nSPS) is 15.4. The summed E-state index contributed by atoms with van der Waals surface area (Å²) in [5.41, 5.74) is 0.668. The first kappa shape index (κ1) is 20.8. The second-order valence-corrected chi connectivity index (χ2v) is 6.32. The van der Waals surface area contributed by atoms with E-state index < -0.39 is 5.97 Å². The number of esters is 1. The topological polar surface area (TPSA) is 91.4 Å². The molecule has 0 atom stereocenters. The molecule has 0 aromatic heterocycles. The lowest BCUT2D eigenvalue weighted by molar-refractivity contribution is -0.142. The summed E-state index contributed by atoms with van der Waals surface area (Å²) < 4.78 is 20.4. The molecule has 8 nitrogen and oxygen atoms in total. The van der Waals surface area contributed by atoms with Crippen molar-refractivity contribution in [3.8, 4) is 11.5 Å². The Hall–Kier alpha value is -2.52. The van der Waals surface area contributed by atoms with Crippen molar-refractivity contribution in [3.63, 3.8) is 0 Å². The van der Waals surface area contributed by atoms with Crippen molar-refractivity contribution >= 4 is 35.0 Å². The number of carbonyl (C=O) groups is 3. The number of rotatable bonds is 9. The van der Waals surface area contributed by atoms with Gasteiger partial charge in [-0.15, -0.1) is 0 Å². The lowest BCUT2D eigenvalue weighted by Gasteiger charge is -2.12. The molecular formula is C18H21NO7S. The minimum Gasteiger partial charge on any atom is -0.490 e. The predicted molar refractivity (Wildman–Crippen MR) is 99.7 cm³/mol. The Morgan fingerprint density at radius 3 is 2.63 bits per heavy atom. The van der Waals surface area contributed by atoms with Gasteiger partial charge in [-0.25, -0.2) is 4.79 Å². The summed E-state index contributed by atoms with van der Waals surface area (Å²) in [6, 6.07) is 5.02. The minimum atomic E-state index is -0.508. The van der Waals surface area contributed by atoms with Gasteiger partial charge in [-0.1, -0.05) is 6.07 Å². The molecule has 0 bridgehead atoms. The summed E-state index contributed by atoms with van der Waals surface area (Å²) in [6.45, 7) is 2.47. The number of carbonyl (C=O) groups excluding carboxylic acids is 3. The zero-order valence-electron chi connectivity index (χ0n) is 15.4. The zero-order valence-corrected chi connectivity index (χ0v) is 16.2. The Morgan fingerprint density at radius 1 is 1.19 bits per heavy atom. The number of methoxy groups -OCH3 is 2. The molecule has 1 aliphatic rings. The summed E-state index contributed by atoms with van der Waals surface area (Å²) in [5, 5.41) is -0.327. The molecule has 0 aliphatic carbocycles. The molecule has 9 heteroatoms. The smallest absolute Gasteiger partial charge is 0.343 e. The van der Waals surface area contributed by atoms with E-state index in [1.54, 1.807) is 24.3 Å². The van der Waals surface area contributed by atoms with Crippen molar-refractivity contribution in [1.82, 2.24) is 4.90 Å². The first-order valence-corrected chi connectivity index (χ1v) is 9.02. The van der Waals surface area contributed by atoms with Crippen LogP contribution in [0.5, 0.6) is 11.5 Å². The molecule has 0 radical (unpaired) electrons. The molecule has 1 saturated heterocycles. The third-order valence-electron chi connectivity index (χ3n) is 3.53. The van der Waals surface area contributed by atoms with Crippen LogP contribution in [-0.4, -0.2) is 62.6 Å². The van der Waals surface area contributed by atoms with E-state index in [4.69, 9.17) is 14.2 Å². The van der Waals surface area contributed by atoms with Crippen LogP contribution in [-0.2, 0) is 19.1 Å². The van der Waals surface area contributed by atoms with Gasteiger partial charge >= 0.3 is 5.97 Å². The fraction of sp³-hybridized carbons (Fsp3) is 0.389. The second-order valence-electron chi connectivity index (χ2n) is 5.33. The van der Waals surface area contributed by atoms with Crippen molar-refractivity contribution in [1.29, 1.82) is 0 Å². The van der Waals surface area contributed by atoms with E-state index in [1.807, 2.05) is 6.92 Å². The van der Waals surface area contributed by atoms with E-state index in [1.165, 1.54) is 14.2 Å². The van der Waals surface area contributed by atoms with Crippen LogP contribution in [0.4, 0.5) is 4.79 Å². The van der Waals surface area contributed by atoms with Crippen LogP contribution in [0.3, 0.4) is 0 Å². The number of hydrogen-bond donors (Lipinski definition) is 0. The predicted octanol–water partition coefficient (Wildman–Crippen LogP) is 2.32. The Morgan fingerprint density at radius 2 is 1.96 bits per heavy atom. The maximum Gasteiger partial charge on any atom is 0.343 e. The number of hydrogen-bond acceptors (Lipinski definition) is 8. The number of amides is 2. The first-order chi connectivity index (χ1) is 13.0. The van der Waals surface area contributed by atoms with Gasteiger partial charge in [-0.2, -0.15) is 0 Å². The maximum atomic E-state index is 12.4. The summed E-state index contributed by atoms with van der Waals surface area (Å²) in [6.07, 6.45) is 1.62. The van der Waals surface area contributed by atoms with E-state index >= 15 is 0 Å². The Bertz CT molecular complexity index is 747. The van der Waals surface area contributed by atoms with Crippen LogP contribution in [0.15, 0.2) is 23.1 Å². The number of nitrogens with zero attached hydrogens (tertiary/aromatic N) is 1. The van der Waals surface area contributed by atoms with Gasteiger partial charge in [0.1, 0.15) is 0 Å². The summed E-state index contributed by atoms with van der Waals surface area (Å²) in [7, 11) is 2.78. The molecule has 27 heavy (non-hydrogen) atoms. The standard InChI is InChI=1S/C18H21NO7S/c1-4-25-14-9-12(5-6-13(14)26-11-16(20)24-3)10-15-17(21)19(7-8-23-2)18(22)27-15/h5-6,9-10H,4,7-8,11H2,1-3H3/b15-10+. The SMILES string of the molecule is CCOc1cc(/C=C2/SC(=O)N(CCOC)C2=O)ccc1OCC(=O)OC. The first-order valence-electron chi connectivity index (χ1n) is 8.21. The zero-order chi connectivity index (χ0) is 19.8. The molecule has 146 valence electrons. The number of benzene rings is 1. The molecule has 1 heterocycles. The number of ether oxygens (including phenoxy) is 4. The van der Waals surface area contributed by atoms with Gasteiger partial charge in [0.05, 0.1) is 31.8 Å². The highest BCUT2D eigenvalue weighted by Gasteiger charge is 2.34. The Labute approximate surface area is 161 Å². The van der Waals surface area contributed by atoms with E-state index in [0.717, 1.165) is 16.7 Å². The monoisotopic (exact) mass is 395 g/mol. The van der Waals surface area contributed by atoms with Gasteiger partial charge in [0.2, 0.25) is 0 Å². The Kier molecular flexibility index (Phi) is 7.68. The molecule has 0 spiro atoms. The number of thioether (sulfide) groups is 1. The van der Waals surface area contributed by atoms with Crippen LogP contribution in [0.25, 0.3) is 6.08 Å². The maximum absolute atomic E-state index is 12.4. The summed E-state index contributed by atoms with van der Waals surface area (Å²) >= 11 is 0.877. The molecule has 2 amide bonds. The molecule has 1 aromatic rings. The van der Waals surface area contributed by atoms with Crippen LogP contribution in [0.1, 0.15) is 12.5 Å². The van der Waals surface area contributed by atoms with Crippen molar-refractivity contribution in [2.75, 3.05) is 40.6 Å². The van der Waals surface area contributed by atoms with Gasteiger partial charge in [-0.05, 0) is 42.5 Å². The van der Waals surface area contributed by atoms with Crippen molar-refractivity contribution in [3.05, 3.63) is 28.7 Å². The van der Waals surface area contributed by atoms with E-state index in [2.05, 4.69) is 4.74 Å². The van der Waals surface area contributed by atoms with Gasteiger partial charge < -0.3 is 18.9 Å². The fourth-order valence-corrected chi connectivity index (χ4v) is 3.09. The molecule has 0 N–H and O–H groups in total. The molecule has 1 aromatic carbocycles. The third-order valence-corrected chi connectivity index (χ3v) is 4.44. The molecule has 2 rings (SSSR count). The van der Waals surface area contributed by atoms with Gasteiger partial charge in [-0.3, -0.25) is 14.5 Å². The van der Waals surface area contributed by atoms with E-state index in [9.17, 15) is 14.4 Å². The largest absolute Gasteiger partial charge is 0.490 e. The molecular weight excluding hydrogens is 374 g/mol. The average molecular weight is 395 g/mol. The van der Waals surface area contributed by atoms with Gasteiger partial charge in [0.25, 0.3) is 11.1 Å².